The van der Waals surface area contributed by atoms with Gasteiger partial charge in [0.1, 0.15) is 23.5 Å². The molecule has 0 fully saturated rings. The molecule has 8 nitrogen and oxygen atoms in total. The zero-order valence-electron chi connectivity index (χ0n) is 24.0. The number of hydrogen-bond donors (Lipinski definition) is 0. The molecule has 0 radical (unpaired) electrons. The first-order valence-corrected chi connectivity index (χ1v) is 12.3. The van der Waals surface area contributed by atoms with E-state index in [2.05, 4.69) is 27.4 Å². The Balaban J connectivity index is 0.00000116. The third-order valence-corrected chi connectivity index (χ3v) is 5.05. The molecule has 0 spiro atoms. The van der Waals surface area contributed by atoms with Gasteiger partial charge in [0.2, 0.25) is 0 Å². The third kappa shape index (κ3) is 11.1. The van der Waals surface area contributed by atoms with E-state index in [0.29, 0.717) is 0 Å². The molecule has 3 aromatic rings. The lowest BCUT2D eigenvalue weighted by Gasteiger charge is -2.20. The predicted octanol–water partition coefficient (Wildman–Crippen LogP) is 7.17. The summed E-state index contributed by atoms with van der Waals surface area (Å²) in [5, 5.41) is 8.76. The van der Waals surface area contributed by atoms with Crippen LogP contribution in [-0.2, 0) is 4.79 Å². The Kier molecular flexibility index (Phi) is 14.8. The van der Waals surface area contributed by atoms with Gasteiger partial charge in [0.05, 0.1) is 25.6 Å². The monoisotopic (exact) mass is 530 g/mol. The number of nitrogens with zero attached hydrogens (tertiary/aromatic N) is 4. The van der Waals surface area contributed by atoms with Crippen LogP contribution in [0.25, 0.3) is 5.70 Å². The Labute approximate surface area is 231 Å². The van der Waals surface area contributed by atoms with Gasteiger partial charge in [-0.1, -0.05) is 35.5 Å². The van der Waals surface area contributed by atoms with Crippen LogP contribution in [0.2, 0.25) is 0 Å². The number of nitroso groups, excluding NO2 is 1. The summed E-state index contributed by atoms with van der Waals surface area (Å²) in [5.41, 5.74) is 5.78. The Bertz CT molecular complexity index is 1260. The zero-order valence-corrected chi connectivity index (χ0v) is 24.0. The highest BCUT2D eigenvalue weighted by molar-refractivity contribution is 6.12. The van der Waals surface area contributed by atoms with Crippen LogP contribution in [0.1, 0.15) is 37.5 Å². The molecule has 39 heavy (non-hydrogen) atoms. The Hall–Kier alpha value is -4.59. The Morgan fingerprint density at radius 2 is 1.44 bits per heavy atom. The van der Waals surface area contributed by atoms with E-state index in [0.717, 1.165) is 57.3 Å². The van der Waals surface area contributed by atoms with Crippen molar-refractivity contribution in [1.29, 1.82) is 0 Å². The lowest BCUT2D eigenvalue weighted by atomic mass is 10.0. The van der Waals surface area contributed by atoms with E-state index >= 15 is 0 Å². The number of allylic oxidation sites excluding steroid dienone is 1. The minimum Gasteiger partial charge on any atom is -0.496 e. The molecule has 3 rings (SSSR count). The van der Waals surface area contributed by atoms with E-state index in [9.17, 15) is 0 Å². The van der Waals surface area contributed by atoms with Gasteiger partial charge in [0, 0.05) is 25.4 Å². The van der Waals surface area contributed by atoms with Crippen molar-refractivity contribution in [2.24, 2.45) is 15.3 Å². The summed E-state index contributed by atoms with van der Waals surface area (Å²) in [6, 6.07) is 23.8. The molecular weight excluding hydrogens is 492 g/mol. The normalized spacial score (nSPS) is 10.6. The molecule has 0 bridgehead atoms. The van der Waals surface area contributed by atoms with Gasteiger partial charge >= 0.3 is 0 Å². The first-order chi connectivity index (χ1) is 18.7. The predicted molar refractivity (Wildman–Crippen MR) is 161 cm³/mol. The summed E-state index contributed by atoms with van der Waals surface area (Å²) in [5.74, 6) is 2.41. The van der Waals surface area contributed by atoms with Crippen LogP contribution < -0.4 is 9.47 Å². The quantitative estimate of drug-likeness (QED) is 0.133. The van der Waals surface area contributed by atoms with Gasteiger partial charge in [-0.3, -0.25) is 10.0 Å². The maximum atomic E-state index is 8.81. The minimum absolute atomic E-state index is 0.750. The van der Waals surface area contributed by atoms with Gasteiger partial charge < -0.3 is 14.3 Å². The van der Waals surface area contributed by atoms with Gasteiger partial charge in [-0.05, 0) is 87.4 Å². The van der Waals surface area contributed by atoms with E-state index in [1.165, 1.54) is 14.0 Å². The summed E-state index contributed by atoms with van der Waals surface area (Å²) in [4.78, 5) is 21.9. The summed E-state index contributed by atoms with van der Waals surface area (Å²) < 4.78 is 11.5. The van der Waals surface area contributed by atoms with Crippen molar-refractivity contribution in [2.75, 3.05) is 28.3 Å². The fourth-order valence-electron chi connectivity index (χ4n) is 3.42. The molecule has 206 valence electrons. The van der Waals surface area contributed by atoms with Gasteiger partial charge in [0.25, 0.3) is 0 Å². The van der Waals surface area contributed by atoms with Crippen molar-refractivity contribution in [3.8, 4) is 17.2 Å². The van der Waals surface area contributed by atoms with Crippen LogP contribution in [0.3, 0.4) is 0 Å². The number of aryl methyl sites for hydroxylation is 1. The number of carbonyl (C=O) groups is 1. The molecule has 0 amide bonds. The molecule has 0 heterocycles. The van der Waals surface area contributed by atoms with E-state index in [-0.39, 0.29) is 0 Å². The number of carbonyl (C=O) groups excluding carboxylic acids is 1. The molecule has 8 heteroatoms. The van der Waals surface area contributed by atoms with Gasteiger partial charge in [-0.2, -0.15) is 10.0 Å². The van der Waals surface area contributed by atoms with Crippen molar-refractivity contribution in [2.45, 2.75) is 27.7 Å². The van der Waals surface area contributed by atoms with Crippen LogP contribution in [0, 0.1) is 11.8 Å². The fourth-order valence-corrected chi connectivity index (χ4v) is 3.42. The topological polar surface area (TPSA) is 92.9 Å². The summed E-state index contributed by atoms with van der Waals surface area (Å²) in [7, 11) is 6.61. The number of benzene rings is 3. The van der Waals surface area contributed by atoms with Gasteiger partial charge in [-0.25, -0.2) is 0 Å². The number of methoxy groups -OCH3 is 1. The van der Waals surface area contributed by atoms with Gasteiger partial charge in [-0.15, -0.1) is 0 Å². The van der Waals surface area contributed by atoms with Crippen LogP contribution in [0.5, 0.6) is 17.2 Å². The summed E-state index contributed by atoms with van der Waals surface area (Å²) in [6.07, 6.45) is 2.80. The lowest BCUT2D eigenvalue weighted by Crippen LogP contribution is -2.14. The standard InChI is InChI=1S/C28H31N3O2.C2H4O.CH3NO/c1-20(2)30-31(5)27(23-13-12-21(3)28(18-23)32-6)19-26(29-4)22-14-16-25(17-15-22)33-24-10-8-7-9-11-24;2*1-2-3/h7-19H,1-6H3;2H,1H3;1H3/b27-19-,29-26?;;. The molecule has 0 saturated heterocycles. The number of hydrogen-bond acceptors (Lipinski definition) is 8. The highest BCUT2D eigenvalue weighted by Gasteiger charge is 2.12. The molecule has 0 atom stereocenters. The van der Waals surface area contributed by atoms with E-state index in [4.69, 9.17) is 19.2 Å². The first kappa shape index (κ1) is 32.4. The SMILES string of the molecule is CC=O.CN=C(/C=C(/c1ccc(C)c(OC)c1)N(C)N=C(C)C)c1ccc(Oc2ccccc2)cc1.CN=O. The molecule has 0 aliphatic rings. The van der Waals surface area contributed by atoms with Crippen molar-refractivity contribution in [3.63, 3.8) is 0 Å². The number of rotatable bonds is 8. The maximum Gasteiger partial charge on any atom is 0.127 e. The number of hydrazone groups is 1. The van der Waals surface area contributed by atoms with Crippen LogP contribution in [-0.4, -0.2) is 51.0 Å². The average molecular weight is 531 g/mol. The van der Waals surface area contributed by atoms with Crippen molar-refractivity contribution < 1.29 is 14.3 Å². The van der Waals surface area contributed by atoms with Crippen LogP contribution in [0.4, 0.5) is 0 Å². The number of aldehydes is 1. The molecule has 0 aromatic heterocycles. The van der Waals surface area contributed by atoms with E-state index < -0.39 is 0 Å². The molecule has 0 saturated carbocycles. The highest BCUT2D eigenvalue weighted by Crippen LogP contribution is 2.27. The second-order valence-electron chi connectivity index (χ2n) is 8.25. The summed E-state index contributed by atoms with van der Waals surface area (Å²) in [6.45, 7) is 7.43. The Morgan fingerprint density at radius 1 is 0.897 bits per heavy atom. The molecule has 3 aromatic carbocycles. The van der Waals surface area contributed by atoms with Crippen molar-refractivity contribution in [1.82, 2.24) is 5.01 Å². The molecule has 0 aliphatic carbocycles. The van der Waals surface area contributed by atoms with Crippen molar-refractivity contribution >= 4 is 23.4 Å². The second kappa shape index (κ2) is 17.8. The molecule has 0 unspecified atom stereocenters. The molecule has 0 aliphatic heterocycles. The minimum atomic E-state index is 0.750. The summed E-state index contributed by atoms with van der Waals surface area (Å²) >= 11 is 0. The number of para-hydroxylation sites is 1. The van der Waals surface area contributed by atoms with E-state index in [1.54, 1.807) is 14.2 Å². The van der Waals surface area contributed by atoms with Crippen LogP contribution >= 0.6 is 0 Å². The fraction of sp³-hybridized carbons (Fsp3) is 0.258. The third-order valence-electron chi connectivity index (χ3n) is 5.05. The molecular formula is C31H38N4O4. The first-order valence-electron chi connectivity index (χ1n) is 12.3. The largest absolute Gasteiger partial charge is 0.496 e. The average Bonchev–Trinajstić information content (AvgIpc) is 2.91. The Morgan fingerprint density at radius 3 is 1.95 bits per heavy atom. The number of ether oxygens (including phenoxy) is 2. The molecule has 0 N–H and O–H groups in total. The highest BCUT2D eigenvalue weighted by atomic mass is 16.5. The van der Waals surface area contributed by atoms with E-state index in [1.807, 2.05) is 99.6 Å². The second-order valence-corrected chi connectivity index (χ2v) is 8.25. The maximum absolute atomic E-state index is 8.81. The lowest BCUT2D eigenvalue weighted by molar-refractivity contribution is -0.106. The number of aliphatic imine (C=N–C) groups is 1. The van der Waals surface area contributed by atoms with Gasteiger partial charge in [0.15, 0.2) is 0 Å². The van der Waals surface area contributed by atoms with Crippen LogP contribution in [0.15, 0.2) is 94.1 Å². The zero-order chi connectivity index (χ0) is 29.2. The smallest absolute Gasteiger partial charge is 0.127 e. The van der Waals surface area contributed by atoms with Crippen molar-refractivity contribution in [3.05, 3.63) is 100 Å².